The fourth-order valence-electron chi connectivity index (χ4n) is 1.72. The molecule has 1 unspecified atom stereocenters. The molecule has 0 aromatic carbocycles. The van der Waals surface area contributed by atoms with E-state index in [0.717, 1.165) is 5.92 Å². The minimum Gasteiger partial charge on any atom is -0.100 e. The van der Waals surface area contributed by atoms with Gasteiger partial charge in [0.15, 0.2) is 0 Å². The maximum absolute atomic E-state index is 3.91. The van der Waals surface area contributed by atoms with Crippen LogP contribution >= 0.6 is 0 Å². The van der Waals surface area contributed by atoms with E-state index in [4.69, 9.17) is 0 Å². The predicted molar refractivity (Wildman–Crippen MR) is 50.6 cm³/mol. The molecule has 1 rings (SSSR count). The van der Waals surface area contributed by atoms with Crippen molar-refractivity contribution >= 4 is 0 Å². The standard InChI is InChI=1S/C11H20/c1-9(2)6-5-7-10-8-11(10,3)4/h10H,1,5-8H2,2-4H3. The molecule has 0 radical (unpaired) electrons. The van der Waals surface area contributed by atoms with Crippen molar-refractivity contribution in [3.05, 3.63) is 12.2 Å². The van der Waals surface area contributed by atoms with Crippen LogP contribution in [0.4, 0.5) is 0 Å². The first-order chi connectivity index (χ1) is 5.02. The fraction of sp³-hybridized carbons (Fsp3) is 0.818. The molecule has 1 atom stereocenters. The fourth-order valence-corrected chi connectivity index (χ4v) is 1.72. The van der Waals surface area contributed by atoms with Crippen LogP contribution in [0.25, 0.3) is 0 Å². The van der Waals surface area contributed by atoms with Crippen molar-refractivity contribution in [2.45, 2.75) is 46.5 Å². The lowest BCUT2D eigenvalue weighted by atomic mass is 10.0. The Morgan fingerprint density at radius 2 is 2.09 bits per heavy atom. The Kier molecular flexibility index (Phi) is 2.41. The van der Waals surface area contributed by atoms with Crippen LogP contribution in [0.5, 0.6) is 0 Å². The van der Waals surface area contributed by atoms with Crippen LogP contribution in [0.2, 0.25) is 0 Å². The molecular weight excluding hydrogens is 132 g/mol. The van der Waals surface area contributed by atoms with Crippen molar-refractivity contribution in [1.29, 1.82) is 0 Å². The van der Waals surface area contributed by atoms with Crippen LogP contribution < -0.4 is 0 Å². The third-order valence-electron chi connectivity index (χ3n) is 2.87. The lowest BCUT2D eigenvalue weighted by Gasteiger charge is -2.02. The summed E-state index contributed by atoms with van der Waals surface area (Å²) in [6.45, 7) is 10.8. The minimum absolute atomic E-state index is 0.676. The Morgan fingerprint density at radius 1 is 1.55 bits per heavy atom. The maximum Gasteiger partial charge on any atom is -0.0323 e. The first kappa shape index (κ1) is 8.83. The van der Waals surface area contributed by atoms with E-state index in [2.05, 4.69) is 27.4 Å². The molecule has 0 heterocycles. The summed E-state index contributed by atoms with van der Waals surface area (Å²) >= 11 is 0. The molecular formula is C11H20. The second-order valence-electron chi connectivity index (χ2n) is 4.74. The Balaban J connectivity index is 2.02. The van der Waals surface area contributed by atoms with Gasteiger partial charge < -0.3 is 0 Å². The van der Waals surface area contributed by atoms with Gasteiger partial charge >= 0.3 is 0 Å². The van der Waals surface area contributed by atoms with Crippen LogP contribution in [-0.2, 0) is 0 Å². The molecule has 0 aliphatic heterocycles. The summed E-state index contributed by atoms with van der Waals surface area (Å²) in [5.41, 5.74) is 2.01. The van der Waals surface area contributed by atoms with Crippen LogP contribution in [0.1, 0.15) is 46.5 Å². The zero-order chi connectivity index (χ0) is 8.48. The molecule has 0 amide bonds. The molecule has 64 valence electrons. The maximum atomic E-state index is 3.91. The second kappa shape index (κ2) is 3.00. The van der Waals surface area contributed by atoms with E-state index in [1.807, 2.05) is 0 Å². The van der Waals surface area contributed by atoms with E-state index >= 15 is 0 Å². The number of hydrogen-bond donors (Lipinski definition) is 0. The third-order valence-corrected chi connectivity index (χ3v) is 2.87. The van der Waals surface area contributed by atoms with E-state index in [1.165, 1.54) is 31.3 Å². The lowest BCUT2D eigenvalue weighted by molar-refractivity contribution is 0.518. The first-order valence-corrected chi connectivity index (χ1v) is 4.67. The molecule has 0 N–H and O–H groups in total. The third kappa shape index (κ3) is 2.69. The zero-order valence-electron chi connectivity index (χ0n) is 8.11. The van der Waals surface area contributed by atoms with E-state index in [9.17, 15) is 0 Å². The molecule has 0 bridgehead atoms. The molecule has 0 aromatic rings. The molecule has 11 heavy (non-hydrogen) atoms. The first-order valence-electron chi connectivity index (χ1n) is 4.67. The smallest absolute Gasteiger partial charge is 0.0323 e. The number of rotatable bonds is 4. The predicted octanol–water partition coefficient (Wildman–Crippen LogP) is 3.78. The monoisotopic (exact) mass is 152 g/mol. The summed E-state index contributed by atoms with van der Waals surface area (Å²) in [6.07, 6.45) is 5.44. The van der Waals surface area contributed by atoms with Gasteiger partial charge in [0.2, 0.25) is 0 Å². The summed E-state index contributed by atoms with van der Waals surface area (Å²) in [7, 11) is 0. The number of hydrogen-bond acceptors (Lipinski definition) is 0. The van der Waals surface area contributed by atoms with E-state index in [0.29, 0.717) is 5.41 Å². The second-order valence-corrected chi connectivity index (χ2v) is 4.74. The Bertz CT molecular complexity index is 153. The highest BCUT2D eigenvalue weighted by molar-refractivity contribution is 4.96. The van der Waals surface area contributed by atoms with Gasteiger partial charge in [-0.25, -0.2) is 0 Å². The van der Waals surface area contributed by atoms with Gasteiger partial charge in [0.1, 0.15) is 0 Å². The summed E-state index contributed by atoms with van der Waals surface area (Å²) in [5, 5.41) is 0. The van der Waals surface area contributed by atoms with Gasteiger partial charge in [-0.15, -0.1) is 6.58 Å². The normalized spacial score (nSPS) is 26.6. The molecule has 1 fully saturated rings. The van der Waals surface area contributed by atoms with Gasteiger partial charge in [-0.2, -0.15) is 0 Å². The molecule has 0 aromatic heterocycles. The van der Waals surface area contributed by atoms with Crippen LogP contribution in [0.15, 0.2) is 12.2 Å². The molecule has 0 spiro atoms. The van der Waals surface area contributed by atoms with Gasteiger partial charge in [0.05, 0.1) is 0 Å². The van der Waals surface area contributed by atoms with Crippen molar-refractivity contribution in [2.24, 2.45) is 11.3 Å². The Hall–Kier alpha value is -0.260. The Labute approximate surface area is 70.7 Å². The summed E-state index contributed by atoms with van der Waals surface area (Å²) < 4.78 is 0. The van der Waals surface area contributed by atoms with E-state index in [-0.39, 0.29) is 0 Å². The van der Waals surface area contributed by atoms with Gasteiger partial charge in [0, 0.05) is 0 Å². The van der Waals surface area contributed by atoms with Crippen molar-refractivity contribution < 1.29 is 0 Å². The summed E-state index contributed by atoms with van der Waals surface area (Å²) in [6, 6.07) is 0. The molecule has 1 aliphatic carbocycles. The molecule has 0 nitrogen and oxygen atoms in total. The van der Waals surface area contributed by atoms with Gasteiger partial charge in [-0.3, -0.25) is 0 Å². The van der Waals surface area contributed by atoms with Crippen molar-refractivity contribution in [3.63, 3.8) is 0 Å². The van der Waals surface area contributed by atoms with Gasteiger partial charge in [0.25, 0.3) is 0 Å². The average molecular weight is 152 g/mol. The van der Waals surface area contributed by atoms with Crippen LogP contribution in [0.3, 0.4) is 0 Å². The van der Waals surface area contributed by atoms with Crippen LogP contribution in [-0.4, -0.2) is 0 Å². The Morgan fingerprint density at radius 3 is 2.45 bits per heavy atom. The quantitative estimate of drug-likeness (QED) is 0.538. The summed E-state index contributed by atoms with van der Waals surface area (Å²) in [5.74, 6) is 1.02. The minimum atomic E-state index is 0.676. The largest absolute Gasteiger partial charge is 0.100 e. The molecule has 0 saturated heterocycles. The topological polar surface area (TPSA) is 0 Å². The zero-order valence-corrected chi connectivity index (χ0v) is 8.11. The lowest BCUT2D eigenvalue weighted by Crippen LogP contribution is -1.90. The van der Waals surface area contributed by atoms with E-state index in [1.54, 1.807) is 0 Å². The summed E-state index contributed by atoms with van der Waals surface area (Å²) in [4.78, 5) is 0. The van der Waals surface area contributed by atoms with Crippen molar-refractivity contribution in [1.82, 2.24) is 0 Å². The van der Waals surface area contributed by atoms with Crippen molar-refractivity contribution in [2.75, 3.05) is 0 Å². The SMILES string of the molecule is C=C(C)CCCC1CC1(C)C. The average Bonchev–Trinajstić information content (AvgIpc) is 2.39. The molecule has 1 saturated carbocycles. The highest BCUT2D eigenvalue weighted by atomic mass is 14.5. The number of allylic oxidation sites excluding steroid dienone is 1. The highest BCUT2D eigenvalue weighted by Crippen LogP contribution is 2.54. The molecule has 1 aliphatic rings. The highest BCUT2D eigenvalue weighted by Gasteiger charge is 2.44. The van der Waals surface area contributed by atoms with Crippen molar-refractivity contribution in [3.8, 4) is 0 Å². The molecule has 0 heteroatoms. The van der Waals surface area contributed by atoms with E-state index < -0.39 is 0 Å². The van der Waals surface area contributed by atoms with Gasteiger partial charge in [-0.1, -0.05) is 19.4 Å². The van der Waals surface area contributed by atoms with Crippen LogP contribution in [0, 0.1) is 11.3 Å². The van der Waals surface area contributed by atoms with Gasteiger partial charge in [-0.05, 0) is 43.9 Å².